The first-order valence-electron chi connectivity index (χ1n) is 21.7. The molecule has 2 aliphatic carbocycles. The number of nitrogens with zero attached hydrogens (tertiary/aromatic N) is 5. The Balaban J connectivity index is 0.971. The SMILES string of the molecule is c1ccc(-c2nc(-c3ccccc3)nc(-c3cccc(-c4nc5ccccc5n4-c4cccc(-c5cccc6c5-c5ccccc5C65c6ccccc6-c6ccccc65)c4)c3)n2)cc1. The molecular weight excluding hydrogens is 779 g/mol. The van der Waals surface area contributed by atoms with Crippen LogP contribution in [-0.4, -0.2) is 24.5 Å². The largest absolute Gasteiger partial charge is 0.292 e. The Morgan fingerprint density at radius 3 is 1.47 bits per heavy atom. The van der Waals surface area contributed by atoms with Crippen LogP contribution in [0.15, 0.2) is 224 Å². The highest BCUT2D eigenvalue weighted by Crippen LogP contribution is 2.64. The summed E-state index contributed by atoms with van der Waals surface area (Å²) >= 11 is 0. The van der Waals surface area contributed by atoms with Gasteiger partial charge in [-0.3, -0.25) is 4.57 Å². The highest BCUT2D eigenvalue weighted by Gasteiger charge is 2.52. The third-order valence-electron chi connectivity index (χ3n) is 13.1. The zero-order chi connectivity index (χ0) is 42.2. The summed E-state index contributed by atoms with van der Waals surface area (Å²) in [5.41, 5.74) is 19.1. The van der Waals surface area contributed by atoms with Crippen LogP contribution in [0.3, 0.4) is 0 Å². The molecule has 0 N–H and O–H groups in total. The van der Waals surface area contributed by atoms with E-state index in [-0.39, 0.29) is 0 Å². The molecule has 0 aliphatic heterocycles. The summed E-state index contributed by atoms with van der Waals surface area (Å²) in [7, 11) is 0. The number of hydrogen-bond donors (Lipinski definition) is 0. The number of hydrogen-bond acceptors (Lipinski definition) is 4. The second-order valence-electron chi connectivity index (χ2n) is 16.5. The molecule has 0 unspecified atom stereocenters. The van der Waals surface area contributed by atoms with E-state index in [0.29, 0.717) is 17.5 Å². The van der Waals surface area contributed by atoms with E-state index in [0.717, 1.165) is 50.4 Å². The Morgan fingerprint density at radius 2 is 0.781 bits per heavy atom. The molecule has 2 aromatic heterocycles. The molecule has 0 atom stereocenters. The van der Waals surface area contributed by atoms with Gasteiger partial charge in [0, 0.05) is 27.9 Å². The van der Waals surface area contributed by atoms with Gasteiger partial charge in [0.2, 0.25) is 0 Å². The standard InChI is InChI=1S/C59H37N5/c1-3-18-38(19-4-1)55-61-56(39-20-5-2-6-21-39)63-57(62-55)41-23-15-24-42(36-41)58-60-52-34-13-14-35-53(52)64(58)43-25-16-22-40(37-43)44-29-17-33-51-54(44)47-28-9-12-32-50(47)59(51)48-30-10-7-26-45(48)46-27-8-11-31-49(46)59/h1-37H. The molecule has 9 aromatic carbocycles. The molecule has 5 heteroatoms. The van der Waals surface area contributed by atoms with Crippen molar-refractivity contribution in [1.29, 1.82) is 0 Å². The molecule has 0 fully saturated rings. The van der Waals surface area contributed by atoms with Gasteiger partial charge in [-0.05, 0) is 86.0 Å². The van der Waals surface area contributed by atoms with Gasteiger partial charge in [0.15, 0.2) is 17.5 Å². The average molecular weight is 816 g/mol. The molecule has 298 valence electrons. The Labute approximate surface area is 370 Å². The zero-order valence-electron chi connectivity index (χ0n) is 34.6. The van der Waals surface area contributed by atoms with Crippen molar-refractivity contribution in [2.24, 2.45) is 0 Å². The lowest BCUT2D eigenvalue weighted by Gasteiger charge is -2.30. The van der Waals surface area contributed by atoms with E-state index in [1.165, 1.54) is 50.1 Å². The first-order chi connectivity index (χ1) is 31.7. The number of rotatable bonds is 6. The molecule has 0 amide bonds. The third kappa shape index (κ3) is 5.37. The molecule has 2 heterocycles. The maximum Gasteiger partial charge on any atom is 0.164 e. The maximum absolute atomic E-state index is 5.31. The van der Waals surface area contributed by atoms with Crippen molar-refractivity contribution in [2.75, 3.05) is 0 Å². The molecule has 0 radical (unpaired) electrons. The Hall–Kier alpha value is -8.54. The van der Waals surface area contributed by atoms with Gasteiger partial charge >= 0.3 is 0 Å². The number of fused-ring (bicyclic) bond motifs is 11. The van der Waals surface area contributed by atoms with E-state index in [1.807, 2.05) is 60.7 Å². The minimum Gasteiger partial charge on any atom is -0.292 e. The van der Waals surface area contributed by atoms with Gasteiger partial charge in [0.1, 0.15) is 5.82 Å². The van der Waals surface area contributed by atoms with E-state index in [1.54, 1.807) is 0 Å². The average Bonchev–Trinajstić information content (AvgIpc) is 4.02. The minimum atomic E-state index is -0.409. The van der Waals surface area contributed by atoms with Crippen molar-refractivity contribution >= 4 is 11.0 Å². The van der Waals surface area contributed by atoms with Crippen molar-refractivity contribution in [3.63, 3.8) is 0 Å². The number of para-hydroxylation sites is 2. The minimum absolute atomic E-state index is 0.409. The summed E-state index contributed by atoms with van der Waals surface area (Å²) in [6, 6.07) is 79.8. The molecule has 0 saturated carbocycles. The van der Waals surface area contributed by atoms with Gasteiger partial charge < -0.3 is 0 Å². The van der Waals surface area contributed by atoms with Gasteiger partial charge in [-0.1, -0.05) is 194 Å². The first-order valence-corrected chi connectivity index (χ1v) is 21.7. The Morgan fingerprint density at radius 1 is 0.312 bits per heavy atom. The van der Waals surface area contributed by atoms with Gasteiger partial charge in [0.05, 0.1) is 16.4 Å². The fraction of sp³-hybridized carbons (Fsp3) is 0.0169. The van der Waals surface area contributed by atoms with Crippen molar-refractivity contribution in [3.05, 3.63) is 247 Å². The summed E-state index contributed by atoms with van der Waals surface area (Å²) < 4.78 is 2.29. The zero-order valence-corrected chi connectivity index (χ0v) is 34.6. The van der Waals surface area contributed by atoms with Crippen molar-refractivity contribution < 1.29 is 0 Å². The van der Waals surface area contributed by atoms with Crippen LogP contribution in [0.4, 0.5) is 0 Å². The quantitative estimate of drug-likeness (QED) is 0.168. The molecule has 0 saturated heterocycles. The first kappa shape index (κ1) is 36.1. The lowest BCUT2D eigenvalue weighted by Crippen LogP contribution is -2.25. The van der Waals surface area contributed by atoms with E-state index >= 15 is 0 Å². The van der Waals surface area contributed by atoms with E-state index < -0.39 is 5.41 Å². The molecule has 11 aromatic rings. The summed E-state index contributed by atoms with van der Waals surface area (Å²) in [6.45, 7) is 0. The Bertz CT molecular complexity index is 3520. The molecule has 64 heavy (non-hydrogen) atoms. The van der Waals surface area contributed by atoms with Crippen LogP contribution in [-0.2, 0) is 5.41 Å². The van der Waals surface area contributed by atoms with Crippen LogP contribution in [0.5, 0.6) is 0 Å². The van der Waals surface area contributed by atoms with Gasteiger partial charge in [-0.15, -0.1) is 0 Å². The number of aromatic nitrogens is 5. The molecule has 2 aliphatic rings. The van der Waals surface area contributed by atoms with Crippen LogP contribution >= 0.6 is 0 Å². The topological polar surface area (TPSA) is 56.5 Å². The smallest absolute Gasteiger partial charge is 0.164 e. The highest BCUT2D eigenvalue weighted by atomic mass is 15.1. The van der Waals surface area contributed by atoms with Gasteiger partial charge in [-0.25, -0.2) is 19.9 Å². The lowest BCUT2D eigenvalue weighted by atomic mass is 9.70. The summed E-state index contributed by atoms with van der Waals surface area (Å²) in [6.07, 6.45) is 0. The predicted octanol–water partition coefficient (Wildman–Crippen LogP) is 13.9. The summed E-state index contributed by atoms with van der Waals surface area (Å²) in [5.74, 6) is 2.69. The highest BCUT2D eigenvalue weighted by molar-refractivity contribution is 6.00. The molecule has 1 spiro atoms. The fourth-order valence-corrected chi connectivity index (χ4v) is 10.4. The Kier molecular flexibility index (Phi) is 8.06. The van der Waals surface area contributed by atoms with Crippen LogP contribution in [0.1, 0.15) is 22.3 Å². The molecule has 5 nitrogen and oxygen atoms in total. The fourth-order valence-electron chi connectivity index (χ4n) is 10.4. The lowest BCUT2D eigenvalue weighted by molar-refractivity contribution is 0.794. The van der Waals surface area contributed by atoms with Crippen molar-refractivity contribution in [3.8, 4) is 84.6 Å². The van der Waals surface area contributed by atoms with Crippen molar-refractivity contribution in [1.82, 2.24) is 24.5 Å². The van der Waals surface area contributed by atoms with E-state index in [2.05, 4.69) is 168 Å². The maximum atomic E-state index is 5.31. The predicted molar refractivity (Wildman–Crippen MR) is 258 cm³/mol. The van der Waals surface area contributed by atoms with Crippen LogP contribution in [0, 0.1) is 0 Å². The third-order valence-corrected chi connectivity index (χ3v) is 13.1. The number of imidazole rings is 1. The van der Waals surface area contributed by atoms with Gasteiger partial charge in [-0.2, -0.15) is 0 Å². The normalized spacial score (nSPS) is 12.8. The molecular formula is C59H37N5. The van der Waals surface area contributed by atoms with E-state index in [4.69, 9.17) is 19.9 Å². The second-order valence-corrected chi connectivity index (χ2v) is 16.5. The molecule has 13 rings (SSSR count). The van der Waals surface area contributed by atoms with Crippen molar-refractivity contribution in [2.45, 2.75) is 5.41 Å². The number of benzene rings is 9. The summed E-state index contributed by atoms with van der Waals surface area (Å²) in [5, 5.41) is 0. The van der Waals surface area contributed by atoms with Crippen LogP contribution in [0.2, 0.25) is 0 Å². The second kappa shape index (κ2) is 14.3. The van der Waals surface area contributed by atoms with E-state index in [9.17, 15) is 0 Å². The van der Waals surface area contributed by atoms with Crippen LogP contribution < -0.4 is 0 Å². The molecule has 0 bridgehead atoms. The summed E-state index contributed by atoms with van der Waals surface area (Å²) in [4.78, 5) is 20.3. The van der Waals surface area contributed by atoms with Gasteiger partial charge in [0.25, 0.3) is 0 Å². The monoisotopic (exact) mass is 815 g/mol. The van der Waals surface area contributed by atoms with Crippen LogP contribution in [0.25, 0.3) is 95.7 Å².